The van der Waals surface area contributed by atoms with Crippen molar-refractivity contribution in [2.24, 2.45) is 0 Å². The summed E-state index contributed by atoms with van der Waals surface area (Å²) >= 11 is 0. The lowest BCUT2D eigenvalue weighted by molar-refractivity contribution is 0.0631. The minimum Gasteiger partial charge on any atom is -0.493 e. The zero-order chi connectivity index (χ0) is 17.6. The van der Waals surface area contributed by atoms with Crippen LogP contribution in [0.25, 0.3) is 0 Å². The monoisotopic (exact) mass is 333 g/mol. The van der Waals surface area contributed by atoms with Crippen molar-refractivity contribution in [3.63, 3.8) is 0 Å². The van der Waals surface area contributed by atoms with Crippen molar-refractivity contribution in [3.05, 3.63) is 58.1 Å². The van der Waals surface area contributed by atoms with Gasteiger partial charge in [0.15, 0.2) is 11.5 Å². The van der Waals surface area contributed by atoms with Gasteiger partial charge in [0.1, 0.15) is 0 Å². The number of nitrogens with zero attached hydrogens (tertiary/aromatic N) is 1. The second kappa shape index (κ2) is 5.86. The minimum absolute atomic E-state index is 0.0280. The summed E-state index contributed by atoms with van der Waals surface area (Å²) in [6.07, 6.45) is 7.08. The molecular formula is C21H19NO3. The number of terminal acetylenes is 1. The van der Waals surface area contributed by atoms with Gasteiger partial charge in [-0.3, -0.25) is 4.79 Å². The molecule has 1 atom stereocenters. The molecule has 0 bridgehead atoms. The Kier molecular flexibility index (Phi) is 3.65. The average Bonchev–Trinajstić information content (AvgIpc) is 2.66. The smallest absolute Gasteiger partial charge is 0.254 e. The third-order valence-corrected chi connectivity index (χ3v) is 5.18. The van der Waals surface area contributed by atoms with Crippen LogP contribution in [-0.4, -0.2) is 31.6 Å². The van der Waals surface area contributed by atoms with E-state index in [1.807, 2.05) is 35.2 Å². The molecule has 2 aromatic rings. The predicted molar refractivity (Wildman–Crippen MR) is 95.1 cm³/mol. The van der Waals surface area contributed by atoms with Crippen molar-refractivity contribution < 1.29 is 14.3 Å². The van der Waals surface area contributed by atoms with Gasteiger partial charge in [-0.25, -0.2) is 0 Å². The van der Waals surface area contributed by atoms with E-state index < -0.39 is 0 Å². The van der Waals surface area contributed by atoms with Crippen LogP contribution in [0.2, 0.25) is 0 Å². The molecule has 126 valence electrons. The summed E-state index contributed by atoms with van der Waals surface area (Å²) in [7, 11) is 3.27. The molecule has 0 radical (unpaired) electrons. The Morgan fingerprint density at radius 1 is 1.12 bits per heavy atom. The van der Waals surface area contributed by atoms with Crippen LogP contribution in [0.1, 0.15) is 38.7 Å². The third kappa shape index (κ3) is 2.35. The first-order valence-corrected chi connectivity index (χ1v) is 8.31. The second-order valence-electron chi connectivity index (χ2n) is 6.39. The Balaban J connectivity index is 1.81. The van der Waals surface area contributed by atoms with Crippen molar-refractivity contribution in [2.45, 2.75) is 18.9 Å². The van der Waals surface area contributed by atoms with Gasteiger partial charge in [-0.15, -0.1) is 6.42 Å². The first kappa shape index (κ1) is 15.6. The van der Waals surface area contributed by atoms with Crippen molar-refractivity contribution in [2.75, 3.05) is 20.8 Å². The quantitative estimate of drug-likeness (QED) is 0.793. The van der Waals surface area contributed by atoms with Gasteiger partial charge in [0.05, 0.1) is 20.3 Å². The lowest BCUT2D eigenvalue weighted by Crippen LogP contribution is -2.44. The van der Waals surface area contributed by atoms with E-state index in [2.05, 4.69) is 5.92 Å². The zero-order valence-corrected chi connectivity index (χ0v) is 14.3. The maximum Gasteiger partial charge on any atom is 0.254 e. The topological polar surface area (TPSA) is 38.8 Å². The van der Waals surface area contributed by atoms with Gasteiger partial charge in [0.2, 0.25) is 0 Å². The van der Waals surface area contributed by atoms with Gasteiger partial charge in [0, 0.05) is 17.7 Å². The number of hydrogen-bond donors (Lipinski definition) is 0. The highest BCUT2D eigenvalue weighted by Gasteiger charge is 2.37. The van der Waals surface area contributed by atoms with Crippen LogP contribution in [0, 0.1) is 12.3 Å². The number of amides is 1. The van der Waals surface area contributed by atoms with Gasteiger partial charge in [-0.1, -0.05) is 12.0 Å². The van der Waals surface area contributed by atoms with Gasteiger partial charge in [-0.05, 0) is 53.8 Å². The van der Waals surface area contributed by atoms with Crippen LogP contribution in [0.3, 0.4) is 0 Å². The van der Waals surface area contributed by atoms with Crippen molar-refractivity contribution >= 4 is 5.91 Å². The molecule has 0 saturated carbocycles. The van der Waals surface area contributed by atoms with Crippen LogP contribution in [0.5, 0.6) is 11.5 Å². The van der Waals surface area contributed by atoms with Gasteiger partial charge < -0.3 is 14.4 Å². The molecule has 0 spiro atoms. The molecule has 1 unspecified atom stereocenters. The Morgan fingerprint density at radius 3 is 2.60 bits per heavy atom. The van der Waals surface area contributed by atoms with Crippen molar-refractivity contribution in [1.29, 1.82) is 0 Å². The normalized spacial score (nSPS) is 17.9. The molecule has 2 aliphatic heterocycles. The van der Waals surface area contributed by atoms with E-state index in [1.54, 1.807) is 14.2 Å². The Morgan fingerprint density at radius 2 is 1.88 bits per heavy atom. The fourth-order valence-electron chi connectivity index (χ4n) is 3.90. The highest BCUT2D eigenvalue weighted by Crippen LogP contribution is 2.42. The fraction of sp³-hybridized carbons (Fsp3) is 0.286. The maximum atomic E-state index is 13.0. The zero-order valence-electron chi connectivity index (χ0n) is 14.3. The molecule has 0 N–H and O–H groups in total. The molecule has 0 aromatic heterocycles. The summed E-state index contributed by atoms with van der Waals surface area (Å²) in [6.45, 7) is 0.700. The summed E-state index contributed by atoms with van der Waals surface area (Å²) in [5, 5.41) is 0. The van der Waals surface area contributed by atoms with Gasteiger partial charge in [-0.2, -0.15) is 0 Å². The molecule has 2 aliphatic rings. The number of fused-ring (bicyclic) bond motifs is 4. The fourth-order valence-corrected chi connectivity index (χ4v) is 3.90. The predicted octanol–water partition coefficient (Wildman–Crippen LogP) is 2.98. The molecule has 0 aliphatic carbocycles. The summed E-state index contributed by atoms with van der Waals surface area (Å²) in [6, 6.07) is 9.79. The van der Waals surface area contributed by atoms with E-state index in [1.165, 1.54) is 5.56 Å². The summed E-state index contributed by atoms with van der Waals surface area (Å²) in [4.78, 5) is 15.0. The second-order valence-corrected chi connectivity index (χ2v) is 6.39. The maximum absolute atomic E-state index is 13.0. The van der Waals surface area contributed by atoms with Crippen LogP contribution >= 0.6 is 0 Å². The van der Waals surface area contributed by atoms with Crippen LogP contribution in [0.4, 0.5) is 0 Å². The first-order chi connectivity index (χ1) is 12.2. The lowest BCUT2D eigenvalue weighted by atomic mass is 9.83. The molecule has 4 rings (SSSR count). The minimum atomic E-state index is 0.0280. The van der Waals surface area contributed by atoms with E-state index in [-0.39, 0.29) is 11.9 Å². The standard InChI is InChI=1S/C21H19NO3/c1-4-13-5-6-14-10-18-16-12-20(25-3)19(24-2)11-15(16)7-8-22(18)21(23)17(14)9-13/h1,5-6,9,11-12,18H,7-8,10H2,2-3H3. The number of methoxy groups -OCH3 is 2. The Labute approximate surface area is 147 Å². The van der Waals surface area contributed by atoms with Crippen LogP contribution < -0.4 is 9.47 Å². The highest BCUT2D eigenvalue weighted by molar-refractivity contribution is 5.97. The average molecular weight is 333 g/mol. The summed E-state index contributed by atoms with van der Waals surface area (Å²) in [5.74, 6) is 4.10. The molecule has 25 heavy (non-hydrogen) atoms. The van der Waals surface area contributed by atoms with Crippen LogP contribution in [0.15, 0.2) is 30.3 Å². The molecule has 4 heteroatoms. The molecule has 2 aromatic carbocycles. The molecule has 0 fully saturated rings. The Hall–Kier alpha value is -2.93. The Bertz CT molecular complexity index is 910. The number of benzene rings is 2. The third-order valence-electron chi connectivity index (χ3n) is 5.18. The van der Waals surface area contributed by atoms with E-state index in [4.69, 9.17) is 15.9 Å². The number of hydrogen-bond acceptors (Lipinski definition) is 3. The van der Waals surface area contributed by atoms with Crippen molar-refractivity contribution in [3.8, 4) is 23.8 Å². The first-order valence-electron chi connectivity index (χ1n) is 8.31. The summed E-state index contributed by atoms with van der Waals surface area (Å²) in [5.41, 5.74) is 4.89. The number of rotatable bonds is 2. The van der Waals surface area contributed by atoms with Crippen molar-refractivity contribution in [1.82, 2.24) is 4.90 Å². The highest BCUT2D eigenvalue weighted by atomic mass is 16.5. The number of carbonyl (C=O) groups excluding carboxylic acids is 1. The molecule has 4 nitrogen and oxygen atoms in total. The van der Waals surface area contributed by atoms with Gasteiger partial charge >= 0.3 is 0 Å². The SMILES string of the molecule is C#Cc1ccc2c(c1)C(=O)N1CCc3cc(OC)c(OC)cc3C1C2. The molecule has 1 amide bonds. The van der Waals surface area contributed by atoms with E-state index in [0.717, 1.165) is 40.8 Å². The number of carbonyl (C=O) groups is 1. The van der Waals surface area contributed by atoms with E-state index in [0.29, 0.717) is 12.3 Å². The summed E-state index contributed by atoms with van der Waals surface area (Å²) < 4.78 is 10.9. The molecular weight excluding hydrogens is 314 g/mol. The van der Waals surface area contributed by atoms with Crippen LogP contribution in [-0.2, 0) is 12.8 Å². The largest absolute Gasteiger partial charge is 0.493 e. The van der Waals surface area contributed by atoms with E-state index in [9.17, 15) is 4.79 Å². The molecule has 2 heterocycles. The number of ether oxygens (including phenoxy) is 2. The van der Waals surface area contributed by atoms with E-state index >= 15 is 0 Å². The lowest BCUT2D eigenvalue weighted by Gasteiger charge is -2.41. The van der Waals surface area contributed by atoms with Gasteiger partial charge in [0.25, 0.3) is 5.91 Å². The molecule has 0 saturated heterocycles.